The third kappa shape index (κ3) is 14.5. The van der Waals surface area contributed by atoms with Crippen LogP contribution >= 0.6 is 58.2 Å². The van der Waals surface area contributed by atoms with Gasteiger partial charge in [0, 0.05) is 85.4 Å². The molecule has 0 unspecified atom stereocenters. The van der Waals surface area contributed by atoms with Crippen LogP contribution in [0.3, 0.4) is 0 Å². The fraction of sp³-hybridized carbons (Fsp3) is 0.429. The smallest absolute Gasteiger partial charge is 0.240 e. The fourth-order valence-electron chi connectivity index (χ4n) is 3.59. The number of rotatable bonds is 20. The third-order valence-corrected chi connectivity index (χ3v) is 7.35. The van der Waals surface area contributed by atoms with Gasteiger partial charge in [0.1, 0.15) is 0 Å². The number of carbonyl (C=O) groups excluding carboxylic acids is 2. The van der Waals surface area contributed by atoms with E-state index in [9.17, 15) is 9.59 Å². The second-order valence-corrected chi connectivity index (χ2v) is 11.3. The first-order chi connectivity index (χ1) is 20.0. The van der Waals surface area contributed by atoms with Gasteiger partial charge in [0.15, 0.2) is 0 Å². The zero-order valence-corrected chi connectivity index (χ0v) is 26.6. The number of carbonyl (C=O) groups is 2. The molecule has 2 aromatic carbocycles. The first-order valence-electron chi connectivity index (χ1n) is 13.2. The summed E-state index contributed by atoms with van der Waals surface area (Å²) in [4.78, 5) is 28.3. The molecule has 2 amide bonds. The molecule has 0 aliphatic carbocycles. The van der Waals surface area contributed by atoms with Crippen molar-refractivity contribution in [1.82, 2.24) is 10.9 Å². The minimum atomic E-state index is -0.186. The molecule has 0 radical (unpaired) electrons. The predicted molar refractivity (Wildman–Crippen MR) is 178 cm³/mol. The van der Waals surface area contributed by atoms with E-state index in [1.165, 1.54) is 11.8 Å². The highest BCUT2D eigenvalue weighted by Crippen LogP contribution is 2.16. The molecule has 0 heterocycles. The topological polar surface area (TPSA) is 89.4 Å². The molecule has 2 N–H and O–H groups in total. The Bertz CT molecular complexity index is 992. The Labute approximate surface area is 266 Å². The second-order valence-electron chi connectivity index (χ2n) is 8.61. The Balaban J connectivity index is 1.61. The second kappa shape index (κ2) is 21.5. The highest BCUT2D eigenvalue weighted by molar-refractivity contribution is 7.99. The van der Waals surface area contributed by atoms with Crippen LogP contribution in [0.4, 0.5) is 11.4 Å². The number of halogens is 4. The number of alkyl halides is 4. The monoisotopic (exact) mass is 660 g/mol. The largest absolute Gasteiger partial charge is 0.369 e. The van der Waals surface area contributed by atoms with Gasteiger partial charge < -0.3 is 9.80 Å². The average molecular weight is 663 g/mol. The maximum Gasteiger partial charge on any atom is 0.240 e. The summed E-state index contributed by atoms with van der Waals surface area (Å²) in [6.45, 7) is 2.87. The summed E-state index contributed by atoms with van der Waals surface area (Å²) in [5.74, 6) is 2.88. The number of nitrogens with zero attached hydrogens (tertiary/aromatic N) is 4. The molecule has 13 heteroatoms. The van der Waals surface area contributed by atoms with Crippen LogP contribution in [-0.2, 0) is 9.59 Å². The lowest BCUT2D eigenvalue weighted by molar-refractivity contribution is -0.121. The summed E-state index contributed by atoms with van der Waals surface area (Å²) in [5, 5.41) is 8.04. The number of hydrazone groups is 2. The van der Waals surface area contributed by atoms with E-state index in [-0.39, 0.29) is 11.8 Å². The van der Waals surface area contributed by atoms with Crippen molar-refractivity contribution in [2.45, 2.75) is 12.8 Å². The van der Waals surface area contributed by atoms with E-state index in [0.29, 0.717) is 47.9 Å². The van der Waals surface area contributed by atoms with Crippen molar-refractivity contribution < 1.29 is 9.59 Å². The van der Waals surface area contributed by atoms with Crippen molar-refractivity contribution in [1.29, 1.82) is 0 Å². The fourth-order valence-corrected chi connectivity index (χ4v) is 5.27. The molecule has 41 heavy (non-hydrogen) atoms. The molecule has 0 bridgehead atoms. The van der Waals surface area contributed by atoms with Gasteiger partial charge in [-0.1, -0.05) is 24.3 Å². The summed E-state index contributed by atoms with van der Waals surface area (Å²) in [7, 11) is 0. The first kappa shape index (κ1) is 35.0. The van der Waals surface area contributed by atoms with Gasteiger partial charge in [-0.05, 0) is 35.4 Å². The lowest BCUT2D eigenvalue weighted by atomic mass is 10.2. The third-order valence-electron chi connectivity index (χ3n) is 5.69. The zero-order chi connectivity index (χ0) is 29.7. The van der Waals surface area contributed by atoms with Gasteiger partial charge in [0.2, 0.25) is 11.8 Å². The molecule has 2 aromatic rings. The van der Waals surface area contributed by atoms with Crippen LogP contribution in [0.25, 0.3) is 0 Å². The molecule has 0 fully saturated rings. The number of nitrogens with one attached hydrogen (secondary N) is 2. The SMILES string of the molecule is O=C(CCSCCC(=O)NN=Cc1ccc(N(CCCl)CCCl)cc1)NN=Cc1ccc(N(CCCl)CCCl)cc1. The minimum Gasteiger partial charge on any atom is -0.369 e. The highest BCUT2D eigenvalue weighted by Gasteiger charge is 2.07. The molecule has 0 aromatic heterocycles. The maximum atomic E-state index is 12.0. The van der Waals surface area contributed by atoms with Gasteiger partial charge in [-0.15, -0.1) is 46.4 Å². The van der Waals surface area contributed by atoms with E-state index in [4.69, 9.17) is 46.4 Å². The molecule has 0 atom stereocenters. The van der Waals surface area contributed by atoms with E-state index in [1.54, 1.807) is 12.4 Å². The van der Waals surface area contributed by atoms with Crippen LogP contribution in [0.2, 0.25) is 0 Å². The van der Waals surface area contributed by atoms with Crippen molar-refractivity contribution >= 4 is 93.8 Å². The van der Waals surface area contributed by atoms with E-state index >= 15 is 0 Å². The van der Waals surface area contributed by atoms with Gasteiger partial charge in [0.25, 0.3) is 0 Å². The van der Waals surface area contributed by atoms with E-state index < -0.39 is 0 Å². The average Bonchev–Trinajstić information content (AvgIpc) is 2.97. The van der Waals surface area contributed by atoms with Crippen molar-refractivity contribution in [2.75, 3.05) is 71.0 Å². The number of hydrogen-bond donors (Lipinski definition) is 2. The lowest BCUT2D eigenvalue weighted by Crippen LogP contribution is -2.27. The van der Waals surface area contributed by atoms with Crippen LogP contribution in [0.5, 0.6) is 0 Å². The minimum absolute atomic E-state index is 0.186. The molecule has 0 aliphatic rings. The van der Waals surface area contributed by atoms with E-state index in [0.717, 1.165) is 48.7 Å². The number of anilines is 2. The molecular weight excluding hydrogens is 626 g/mol. The summed E-state index contributed by atoms with van der Waals surface area (Å²) in [6.07, 6.45) is 3.80. The van der Waals surface area contributed by atoms with E-state index in [2.05, 4.69) is 30.9 Å². The van der Waals surface area contributed by atoms with Crippen molar-refractivity contribution in [3.63, 3.8) is 0 Å². The molecule has 0 spiro atoms. The molecule has 0 saturated heterocycles. The summed E-state index contributed by atoms with van der Waals surface area (Å²) >= 11 is 25.0. The van der Waals surface area contributed by atoms with Gasteiger partial charge in [0.05, 0.1) is 12.4 Å². The van der Waals surface area contributed by atoms with Crippen molar-refractivity contribution in [2.24, 2.45) is 10.2 Å². The van der Waals surface area contributed by atoms with Gasteiger partial charge in [-0.2, -0.15) is 22.0 Å². The quantitative estimate of drug-likeness (QED) is 0.0863. The summed E-state index contributed by atoms with van der Waals surface area (Å²) in [5.41, 5.74) is 8.86. The van der Waals surface area contributed by atoms with Crippen LogP contribution < -0.4 is 20.7 Å². The molecule has 0 aliphatic heterocycles. The lowest BCUT2D eigenvalue weighted by Gasteiger charge is -2.22. The van der Waals surface area contributed by atoms with Gasteiger partial charge in [-0.25, -0.2) is 10.9 Å². The number of benzene rings is 2. The van der Waals surface area contributed by atoms with Crippen molar-refractivity contribution in [3.05, 3.63) is 59.7 Å². The van der Waals surface area contributed by atoms with Crippen molar-refractivity contribution in [3.8, 4) is 0 Å². The Kier molecular flexibility index (Phi) is 18.4. The van der Waals surface area contributed by atoms with Crippen LogP contribution in [0.15, 0.2) is 58.7 Å². The predicted octanol–water partition coefficient (Wildman–Crippen LogP) is 5.37. The molecule has 224 valence electrons. The summed E-state index contributed by atoms with van der Waals surface area (Å²) in [6, 6.07) is 15.6. The van der Waals surface area contributed by atoms with E-state index in [1.807, 2.05) is 48.5 Å². The zero-order valence-electron chi connectivity index (χ0n) is 22.8. The molecule has 2 rings (SSSR count). The first-order valence-corrected chi connectivity index (χ1v) is 16.5. The standard InChI is InChI=1S/C28H36Cl4N6O2S/c29-11-15-37(16-12-30)25-5-1-23(2-6-25)21-33-35-27(39)9-19-41-20-10-28(40)36-34-22-24-3-7-26(8-4-24)38(17-13-31)18-14-32/h1-8,21-22H,9-20H2,(H,35,39)(H,36,40). The molecule has 0 saturated carbocycles. The van der Waals surface area contributed by atoms with Crippen LogP contribution in [0, 0.1) is 0 Å². The normalized spacial score (nSPS) is 11.2. The van der Waals surface area contributed by atoms with Gasteiger partial charge >= 0.3 is 0 Å². The Morgan fingerprint density at radius 2 is 0.976 bits per heavy atom. The maximum absolute atomic E-state index is 12.0. The highest BCUT2D eigenvalue weighted by atomic mass is 35.5. The Hall–Kier alpha value is -2.17. The van der Waals surface area contributed by atoms with Crippen LogP contribution in [-0.4, -0.2) is 85.4 Å². The Morgan fingerprint density at radius 3 is 1.29 bits per heavy atom. The number of hydrogen-bond acceptors (Lipinski definition) is 7. The Morgan fingerprint density at radius 1 is 0.634 bits per heavy atom. The van der Waals surface area contributed by atoms with Gasteiger partial charge in [-0.3, -0.25) is 9.59 Å². The molecule has 8 nitrogen and oxygen atoms in total. The number of amides is 2. The number of thioether (sulfide) groups is 1. The summed E-state index contributed by atoms with van der Waals surface area (Å²) < 4.78 is 0. The van der Waals surface area contributed by atoms with Crippen LogP contribution in [0.1, 0.15) is 24.0 Å². The molecular formula is C28H36Cl4N6O2S.